The van der Waals surface area contributed by atoms with Crippen LogP contribution in [0.1, 0.15) is 11.7 Å². The number of aliphatic hydroxyl groups is 1. The molecule has 1 aromatic carbocycles. The van der Waals surface area contributed by atoms with E-state index in [1.54, 1.807) is 0 Å². The molecule has 0 aliphatic carbocycles. The van der Waals surface area contributed by atoms with Gasteiger partial charge >= 0.3 is 0 Å². The number of benzene rings is 1. The van der Waals surface area contributed by atoms with Crippen LogP contribution in [0.2, 0.25) is 5.02 Å². The number of hydrogen-bond donors (Lipinski definition) is 2. The fraction of sp³-hybridized carbons (Fsp3) is 0.125. The summed E-state index contributed by atoms with van der Waals surface area (Å²) in [7, 11) is 0. The Balaban J connectivity index is 3.04. The summed E-state index contributed by atoms with van der Waals surface area (Å²) in [6.45, 7) is 0. The maximum absolute atomic E-state index is 10.1. The summed E-state index contributed by atoms with van der Waals surface area (Å²) in [5, 5.41) is 18.2. The molecule has 3 nitrogen and oxygen atoms in total. The molecular weight excluding hydrogens is 180 g/mol. The van der Waals surface area contributed by atoms with Gasteiger partial charge in [0.05, 0.1) is 5.02 Å². The van der Waals surface area contributed by atoms with Crippen LogP contribution in [-0.2, 0) is 4.79 Å². The van der Waals surface area contributed by atoms with Crippen LogP contribution >= 0.6 is 11.6 Å². The average molecular weight is 187 g/mol. The van der Waals surface area contributed by atoms with Crippen LogP contribution in [0.5, 0.6) is 5.75 Å². The van der Waals surface area contributed by atoms with Crippen molar-refractivity contribution in [2.45, 2.75) is 6.10 Å². The lowest BCUT2D eigenvalue weighted by molar-refractivity contribution is -0.115. The lowest BCUT2D eigenvalue weighted by atomic mass is 10.1. The van der Waals surface area contributed by atoms with E-state index in [1.807, 2.05) is 0 Å². The third-order valence-corrected chi connectivity index (χ3v) is 1.74. The Hall–Kier alpha value is -1.06. The summed E-state index contributed by atoms with van der Waals surface area (Å²) in [5.41, 5.74) is 0.368. The van der Waals surface area contributed by atoms with Gasteiger partial charge in [-0.15, -0.1) is 0 Å². The fourth-order valence-electron chi connectivity index (χ4n) is 0.786. The zero-order valence-corrected chi connectivity index (χ0v) is 6.82. The Morgan fingerprint density at radius 1 is 1.50 bits per heavy atom. The first-order valence-corrected chi connectivity index (χ1v) is 3.64. The van der Waals surface area contributed by atoms with Gasteiger partial charge in [-0.05, 0) is 17.7 Å². The first-order valence-electron chi connectivity index (χ1n) is 3.27. The number of phenols is 1. The topological polar surface area (TPSA) is 57.5 Å². The highest BCUT2D eigenvalue weighted by atomic mass is 35.5. The van der Waals surface area contributed by atoms with E-state index in [9.17, 15) is 4.79 Å². The molecule has 0 aromatic heterocycles. The molecule has 12 heavy (non-hydrogen) atoms. The van der Waals surface area contributed by atoms with Crippen molar-refractivity contribution >= 4 is 17.9 Å². The van der Waals surface area contributed by atoms with Gasteiger partial charge in [0, 0.05) is 0 Å². The number of carbonyl (C=O) groups is 1. The summed E-state index contributed by atoms with van der Waals surface area (Å²) < 4.78 is 0. The van der Waals surface area contributed by atoms with Crippen LogP contribution in [0, 0.1) is 0 Å². The van der Waals surface area contributed by atoms with Crippen molar-refractivity contribution in [2.75, 3.05) is 0 Å². The fourth-order valence-corrected chi connectivity index (χ4v) is 0.975. The minimum absolute atomic E-state index is 0.0708. The van der Waals surface area contributed by atoms with E-state index in [0.29, 0.717) is 11.8 Å². The number of carbonyl (C=O) groups excluding carboxylic acids is 1. The largest absolute Gasteiger partial charge is 0.506 e. The van der Waals surface area contributed by atoms with Crippen LogP contribution in [0.4, 0.5) is 0 Å². The molecule has 0 aliphatic heterocycles. The van der Waals surface area contributed by atoms with Gasteiger partial charge in [0.1, 0.15) is 11.9 Å². The van der Waals surface area contributed by atoms with Gasteiger partial charge in [0.15, 0.2) is 6.29 Å². The second kappa shape index (κ2) is 3.56. The maximum Gasteiger partial charge on any atom is 0.153 e. The van der Waals surface area contributed by atoms with Crippen molar-refractivity contribution in [3.8, 4) is 5.75 Å². The van der Waals surface area contributed by atoms with Crippen molar-refractivity contribution in [1.29, 1.82) is 0 Å². The predicted molar refractivity (Wildman–Crippen MR) is 44.1 cm³/mol. The normalized spacial score (nSPS) is 12.5. The highest BCUT2D eigenvalue weighted by Gasteiger charge is 2.07. The van der Waals surface area contributed by atoms with E-state index in [4.69, 9.17) is 21.8 Å². The molecule has 2 N–H and O–H groups in total. The molecule has 0 saturated carbocycles. The smallest absolute Gasteiger partial charge is 0.153 e. The Bertz CT molecular complexity index is 298. The third-order valence-electron chi connectivity index (χ3n) is 1.44. The second-order valence-corrected chi connectivity index (χ2v) is 2.70. The number of rotatable bonds is 2. The molecule has 0 bridgehead atoms. The van der Waals surface area contributed by atoms with Crippen LogP contribution < -0.4 is 0 Å². The molecule has 0 saturated heterocycles. The van der Waals surface area contributed by atoms with Gasteiger partial charge < -0.3 is 15.0 Å². The van der Waals surface area contributed by atoms with Crippen LogP contribution in [0.3, 0.4) is 0 Å². The number of aldehydes is 1. The van der Waals surface area contributed by atoms with Crippen LogP contribution in [0.25, 0.3) is 0 Å². The first-order chi connectivity index (χ1) is 5.65. The summed E-state index contributed by atoms with van der Waals surface area (Å²) in [6, 6.07) is 4.10. The van der Waals surface area contributed by atoms with E-state index >= 15 is 0 Å². The van der Waals surface area contributed by atoms with Crippen LogP contribution in [0.15, 0.2) is 18.2 Å². The van der Waals surface area contributed by atoms with E-state index in [0.717, 1.165) is 0 Å². The maximum atomic E-state index is 10.1. The summed E-state index contributed by atoms with van der Waals surface area (Å²) >= 11 is 5.54. The molecule has 0 heterocycles. The number of phenolic OH excluding ortho intramolecular Hbond substituents is 1. The molecule has 4 heteroatoms. The Morgan fingerprint density at radius 3 is 2.67 bits per heavy atom. The quantitative estimate of drug-likeness (QED) is 0.684. The monoisotopic (exact) mass is 186 g/mol. The molecule has 1 atom stereocenters. The van der Waals surface area contributed by atoms with E-state index < -0.39 is 6.10 Å². The lowest BCUT2D eigenvalue weighted by Crippen LogP contribution is -1.97. The van der Waals surface area contributed by atoms with Gasteiger partial charge in [-0.3, -0.25) is 0 Å². The van der Waals surface area contributed by atoms with Crippen molar-refractivity contribution in [2.24, 2.45) is 0 Å². The first kappa shape index (κ1) is 9.03. The Kier molecular flexibility index (Phi) is 2.68. The average Bonchev–Trinajstić information content (AvgIpc) is 2.08. The predicted octanol–water partition coefficient (Wildman–Crippen LogP) is 1.28. The van der Waals surface area contributed by atoms with Gasteiger partial charge in [-0.1, -0.05) is 17.7 Å². The summed E-state index contributed by atoms with van der Waals surface area (Å²) in [4.78, 5) is 10.1. The highest BCUT2D eigenvalue weighted by Crippen LogP contribution is 2.25. The summed E-state index contributed by atoms with van der Waals surface area (Å²) in [5.74, 6) is -0.0708. The number of aliphatic hydroxyl groups excluding tert-OH is 1. The van der Waals surface area contributed by atoms with Crippen molar-refractivity contribution in [3.63, 3.8) is 0 Å². The van der Waals surface area contributed by atoms with Gasteiger partial charge in [-0.25, -0.2) is 0 Å². The molecule has 0 radical (unpaired) electrons. The number of halogens is 1. The zero-order chi connectivity index (χ0) is 9.14. The SMILES string of the molecule is O=CC(O)c1ccc(O)c(Cl)c1. The minimum Gasteiger partial charge on any atom is -0.506 e. The van der Waals surface area contributed by atoms with Crippen molar-refractivity contribution in [1.82, 2.24) is 0 Å². The molecule has 1 aromatic rings. The van der Waals surface area contributed by atoms with Crippen molar-refractivity contribution in [3.05, 3.63) is 28.8 Å². The highest BCUT2D eigenvalue weighted by molar-refractivity contribution is 6.32. The molecule has 1 unspecified atom stereocenters. The number of aromatic hydroxyl groups is 1. The van der Waals surface area contributed by atoms with Crippen LogP contribution in [-0.4, -0.2) is 16.5 Å². The minimum atomic E-state index is -1.18. The van der Waals surface area contributed by atoms with E-state index in [1.165, 1.54) is 18.2 Å². The molecular formula is C8H7ClO3. The van der Waals surface area contributed by atoms with Crippen molar-refractivity contribution < 1.29 is 15.0 Å². The van der Waals surface area contributed by atoms with Gasteiger partial charge in [0.2, 0.25) is 0 Å². The molecule has 0 fully saturated rings. The molecule has 0 aliphatic rings. The number of hydrogen-bond acceptors (Lipinski definition) is 3. The molecule has 0 spiro atoms. The Labute approximate surface area is 74.2 Å². The second-order valence-electron chi connectivity index (χ2n) is 2.29. The van der Waals surface area contributed by atoms with Gasteiger partial charge in [-0.2, -0.15) is 0 Å². The summed E-state index contributed by atoms with van der Waals surface area (Å²) in [6.07, 6.45) is -0.786. The zero-order valence-electron chi connectivity index (χ0n) is 6.07. The van der Waals surface area contributed by atoms with E-state index in [2.05, 4.69) is 0 Å². The molecule has 0 amide bonds. The third kappa shape index (κ3) is 1.75. The lowest BCUT2D eigenvalue weighted by Gasteiger charge is -2.03. The standard InChI is InChI=1S/C8H7ClO3/c9-6-3-5(8(12)4-10)1-2-7(6)11/h1-4,8,11-12H. The molecule has 64 valence electrons. The Morgan fingerprint density at radius 2 is 2.17 bits per heavy atom. The van der Waals surface area contributed by atoms with E-state index in [-0.39, 0.29) is 10.8 Å². The molecule has 1 rings (SSSR count). The van der Waals surface area contributed by atoms with Gasteiger partial charge in [0.25, 0.3) is 0 Å².